The average Bonchev–Trinajstić information content (AvgIpc) is 3.69. The molecule has 164 valence electrons. The number of rotatable bonds is 7. The fourth-order valence-corrected chi connectivity index (χ4v) is 3.92. The Balaban J connectivity index is 1.31. The molecule has 1 amide bonds. The van der Waals surface area contributed by atoms with Gasteiger partial charge in [0.15, 0.2) is 0 Å². The second kappa shape index (κ2) is 9.55. The summed E-state index contributed by atoms with van der Waals surface area (Å²) in [6.07, 6.45) is 3.86. The molecule has 1 aromatic heterocycles. The molecule has 1 saturated carbocycles. The van der Waals surface area contributed by atoms with Gasteiger partial charge in [-0.1, -0.05) is 58.4 Å². The van der Waals surface area contributed by atoms with Gasteiger partial charge in [0.25, 0.3) is 5.91 Å². The summed E-state index contributed by atoms with van der Waals surface area (Å²) >= 11 is 3.44. The number of pyridine rings is 1. The molecule has 33 heavy (non-hydrogen) atoms. The van der Waals surface area contributed by atoms with Gasteiger partial charge >= 0.3 is 0 Å². The number of fused-ring (bicyclic) bond motifs is 1. The molecule has 0 saturated heterocycles. The van der Waals surface area contributed by atoms with Crippen LogP contribution in [-0.2, 0) is 6.61 Å². The lowest BCUT2D eigenvalue weighted by Crippen LogP contribution is -2.18. The van der Waals surface area contributed by atoms with Gasteiger partial charge in [-0.05, 0) is 54.8 Å². The zero-order valence-corrected chi connectivity index (χ0v) is 19.5. The fourth-order valence-electron chi connectivity index (χ4n) is 3.65. The summed E-state index contributed by atoms with van der Waals surface area (Å²) in [6.45, 7) is 0.442. The van der Waals surface area contributed by atoms with E-state index in [-0.39, 0.29) is 5.91 Å². The number of ether oxygens (including phenoxy) is 1. The van der Waals surface area contributed by atoms with Gasteiger partial charge in [0.2, 0.25) is 0 Å². The number of nitrogens with one attached hydrogen (secondary N) is 1. The van der Waals surface area contributed by atoms with Crippen molar-refractivity contribution in [2.24, 2.45) is 5.10 Å². The highest BCUT2D eigenvalue weighted by atomic mass is 79.9. The minimum atomic E-state index is -0.250. The normalized spacial score (nSPS) is 13.4. The first kappa shape index (κ1) is 21.3. The molecule has 1 aliphatic carbocycles. The van der Waals surface area contributed by atoms with E-state index in [9.17, 15) is 4.79 Å². The number of hydrogen-bond donors (Lipinski definition) is 1. The number of amides is 1. The van der Waals surface area contributed by atoms with Gasteiger partial charge in [-0.3, -0.25) is 9.78 Å². The van der Waals surface area contributed by atoms with Crippen LogP contribution in [0.2, 0.25) is 0 Å². The van der Waals surface area contributed by atoms with Crippen molar-refractivity contribution in [1.29, 1.82) is 0 Å². The highest BCUT2D eigenvalue weighted by Gasteiger charge is 2.26. The zero-order chi connectivity index (χ0) is 22.6. The van der Waals surface area contributed by atoms with Gasteiger partial charge < -0.3 is 4.74 Å². The number of nitrogens with zero attached hydrogens (tertiary/aromatic N) is 2. The van der Waals surface area contributed by atoms with Gasteiger partial charge in [-0.25, -0.2) is 5.43 Å². The molecule has 1 aliphatic rings. The minimum Gasteiger partial charge on any atom is -0.488 e. The van der Waals surface area contributed by atoms with Crippen molar-refractivity contribution in [1.82, 2.24) is 10.4 Å². The molecule has 0 spiro atoms. The topological polar surface area (TPSA) is 63.6 Å². The van der Waals surface area contributed by atoms with Gasteiger partial charge in [0.1, 0.15) is 12.4 Å². The lowest BCUT2D eigenvalue weighted by molar-refractivity contribution is 0.0956. The first-order valence-corrected chi connectivity index (χ1v) is 11.7. The Morgan fingerprint density at radius 2 is 1.82 bits per heavy atom. The quantitative estimate of drug-likeness (QED) is 0.242. The number of para-hydroxylation sites is 2. The maximum Gasteiger partial charge on any atom is 0.272 e. The highest BCUT2D eigenvalue weighted by molar-refractivity contribution is 9.10. The Kier molecular flexibility index (Phi) is 6.17. The summed E-state index contributed by atoms with van der Waals surface area (Å²) in [7, 11) is 0. The minimum absolute atomic E-state index is 0.250. The Hall–Kier alpha value is -3.51. The number of benzene rings is 3. The summed E-state index contributed by atoms with van der Waals surface area (Å²) in [5, 5.41) is 5.04. The van der Waals surface area contributed by atoms with Crippen LogP contribution in [-0.4, -0.2) is 17.1 Å². The summed E-state index contributed by atoms with van der Waals surface area (Å²) in [5.41, 5.74) is 6.94. The maximum atomic E-state index is 13.0. The van der Waals surface area contributed by atoms with E-state index in [2.05, 4.69) is 26.5 Å². The van der Waals surface area contributed by atoms with E-state index >= 15 is 0 Å². The summed E-state index contributed by atoms with van der Waals surface area (Å²) in [5.74, 6) is 0.906. The molecule has 0 unspecified atom stereocenters. The Bertz CT molecular complexity index is 1330. The van der Waals surface area contributed by atoms with Crippen molar-refractivity contribution in [2.75, 3.05) is 0 Å². The number of hydrazone groups is 1. The Morgan fingerprint density at radius 3 is 2.64 bits per heavy atom. The Morgan fingerprint density at radius 1 is 1.06 bits per heavy atom. The number of hydrogen-bond acceptors (Lipinski definition) is 4. The van der Waals surface area contributed by atoms with E-state index in [0.29, 0.717) is 23.8 Å². The zero-order valence-electron chi connectivity index (χ0n) is 17.9. The lowest BCUT2D eigenvalue weighted by Gasteiger charge is -2.10. The molecule has 3 aromatic carbocycles. The molecule has 0 bridgehead atoms. The molecule has 1 N–H and O–H groups in total. The standard InChI is InChI=1S/C27H22BrN3O2/c28-21-13-9-18(10-14-21)17-33-26-8-4-1-5-20(26)16-29-31-27(32)23-15-25(19-11-12-19)30-24-7-3-2-6-22(23)24/h1-10,13-16,19H,11-12,17H2,(H,31,32)/b29-16+. The monoisotopic (exact) mass is 499 g/mol. The molecule has 0 aliphatic heterocycles. The molecule has 1 fully saturated rings. The van der Waals surface area contributed by atoms with Crippen molar-refractivity contribution >= 4 is 39.0 Å². The second-order valence-electron chi connectivity index (χ2n) is 8.04. The van der Waals surface area contributed by atoms with Crippen LogP contribution in [0.25, 0.3) is 10.9 Å². The van der Waals surface area contributed by atoms with Gasteiger partial charge in [-0.2, -0.15) is 5.10 Å². The highest BCUT2D eigenvalue weighted by Crippen LogP contribution is 2.40. The van der Waals surface area contributed by atoms with Crippen LogP contribution in [0.1, 0.15) is 45.9 Å². The van der Waals surface area contributed by atoms with Crippen LogP contribution < -0.4 is 10.2 Å². The third-order valence-corrected chi connectivity index (χ3v) is 6.10. The summed E-state index contributed by atoms with van der Waals surface area (Å²) in [4.78, 5) is 17.7. The summed E-state index contributed by atoms with van der Waals surface area (Å²) in [6, 6.07) is 25.2. The number of halogens is 1. The molecule has 5 rings (SSSR count). The third kappa shape index (κ3) is 5.12. The van der Waals surface area contributed by atoms with Gasteiger partial charge in [0.05, 0.1) is 17.3 Å². The van der Waals surface area contributed by atoms with Crippen molar-refractivity contribution in [3.63, 3.8) is 0 Å². The van der Waals surface area contributed by atoms with E-state index < -0.39 is 0 Å². The van der Waals surface area contributed by atoms with Gasteiger partial charge in [-0.15, -0.1) is 0 Å². The Labute approximate surface area is 200 Å². The fraction of sp³-hybridized carbons (Fsp3) is 0.148. The first-order chi connectivity index (χ1) is 16.2. The van der Waals surface area contributed by atoms with Crippen LogP contribution >= 0.6 is 15.9 Å². The molecular weight excluding hydrogens is 478 g/mol. The number of aromatic nitrogens is 1. The first-order valence-electron chi connectivity index (χ1n) is 10.9. The van der Waals surface area contributed by atoms with Crippen molar-refractivity contribution in [2.45, 2.75) is 25.4 Å². The smallest absolute Gasteiger partial charge is 0.272 e. The average molecular weight is 500 g/mol. The SMILES string of the molecule is O=C(N/N=C/c1ccccc1OCc1ccc(Br)cc1)c1cc(C2CC2)nc2ccccc12. The summed E-state index contributed by atoms with van der Waals surface area (Å²) < 4.78 is 7.01. The molecule has 0 radical (unpaired) electrons. The van der Waals surface area contributed by atoms with Crippen LogP contribution in [0.3, 0.4) is 0 Å². The van der Waals surface area contributed by atoms with Crippen molar-refractivity contribution in [3.05, 3.63) is 106 Å². The van der Waals surface area contributed by atoms with Crippen LogP contribution in [0.4, 0.5) is 0 Å². The molecule has 1 heterocycles. The molecular formula is C27H22BrN3O2. The molecule has 0 atom stereocenters. The van der Waals surface area contributed by atoms with E-state index in [1.165, 1.54) is 0 Å². The van der Waals surface area contributed by atoms with E-state index in [4.69, 9.17) is 9.72 Å². The third-order valence-electron chi connectivity index (χ3n) is 5.57. The predicted octanol–water partition coefficient (Wildman–Crippen LogP) is 6.22. The van der Waals surface area contributed by atoms with Crippen molar-refractivity contribution < 1.29 is 9.53 Å². The van der Waals surface area contributed by atoms with Crippen molar-refractivity contribution in [3.8, 4) is 5.75 Å². The number of carbonyl (C=O) groups is 1. The lowest BCUT2D eigenvalue weighted by atomic mass is 10.1. The molecule has 6 heteroatoms. The van der Waals surface area contributed by atoms with E-state index in [0.717, 1.165) is 45.0 Å². The number of carbonyl (C=O) groups excluding carboxylic acids is 1. The van der Waals surface area contributed by atoms with Crippen LogP contribution in [0.5, 0.6) is 5.75 Å². The van der Waals surface area contributed by atoms with E-state index in [1.807, 2.05) is 78.9 Å². The molecule has 4 aromatic rings. The predicted molar refractivity (Wildman–Crippen MR) is 134 cm³/mol. The largest absolute Gasteiger partial charge is 0.488 e. The molecule has 5 nitrogen and oxygen atoms in total. The van der Waals surface area contributed by atoms with Gasteiger partial charge in [0, 0.05) is 27.0 Å². The van der Waals surface area contributed by atoms with E-state index in [1.54, 1.807) is 6.21 Å². The van der Waals surface area contributed by atoms with Crippen LogP contribution in [0, 0.1) is 0 Å². The maximum absolute atomic E-state index is 13.0. The second-order valence-corrected chi connectivity index (χ2v) is 8.95. The van der Waals surface area contributed by atoms with Crippen LogP contribution in [0.15, 0.2) is 88.4 Å².